The third kappa shape index (κ3) is 6.48. The molecule has 1 fully saturated rings. The summed E-state index contributed by atoms with van der Waals surface area (Å²) < 4.78 is 11.8. The van der Waals surface area contributed by atoms with Crippen molar-refractivity contribution in [2.45, 2.75) is 32.3 Å². The Kier molecular flexibility index (Phi) is 7.54. The van der Waals surface area contributed by atoms with Crippen LogP contribution in [0.4, 0.5) is 16.3 Å². The van der Waals surface area contributed by atoms with E-state index in [0.29, 0.717) is 18.7 Å². The lowest BCUT2D eigenvalue weighted by Crippen LogP contribution is -2.20. The number of benzene rings is 1. The monoisotopic (exact) mass is 455 g/mol. The Morgan fingerprint density at radius 1 is 1.27 bits per heavy atom. The molecule has 0 bridgehead atoms. The Bertz CT molecular complexity index is 1140. The van der Waals surface area contributed by atoms with Crippen molar-refractivity contribution in [2.75, 3.05) is 12.4 Å². The number of rotatable bonds is 7. The zero-order valence-electron chi connectivity index (χ0n) is 18.6. The lowest BCUT2D eigenvalue weighted by Gasteiger charge is -2.14. The van der Waals surface area contributed by atoms with Crippen molar-refractivity contribution in [3.63, 3.8) is 0 Å². The number of carbonyl (C=O) groups excluding carboxylic acids is 1. The molecule has 2 aromatic rings. The van der Waals surface area contributed by atoms with E-state index in [1.165, 1.54) is 35.0 Å². The van der Waals surface area contributed by atoms with Crippen molar-refractivity contribution in [3.8, 4) is 5.75 Å². The van der Waals surface area contributed by atoms with E-state index in [9.17, 15) is 19.7 Å². The van der Waals surface area contributed by atoms with Crippen LogP contribution in [0.2, 0.25) is 0 Å². The van der Waals surface area contributed by atoms with Crippen LogP contribution in [0.3, 0.4) is 0 Å². The number of ether oxygens (including phenoxy) is 2. The molecule has 33 heavy (non-hydrogen) atoms. The first-order chi connectivity index (χ1) is 15.7. The molecule has 2 atom stereocenters. The van der Waals surface area contributed by atoms with Crippen LogP contribution in [0.15, 0.2) is 58.0 Å². The molecular weight excluding hydrogens is 430 g/mol. The van der Waals surface area contributed by atoms with E-state index in [0.717, 1.165) is 17.8 Å². The van der Waals surface area contributed by atoms with E-state index in [-0.39, 0.29) is 29.0 Å². The normalized spacial score (nSPS) is 18.6. The van der Waals surface area contributed by atoms with E-state index in [4.69, 9.17) is 9.47 Å². The molecule has 1 heterocycles. The van der Waals surface area contributed by atoms with Gasteiger partial charge in [0.2, 0.25) is 0 Å². The number of nitrogens with zero attached hydrogens (tertiary/aromatic N) is 4. The lowest BCUT2D eigenvalue weighted by molar-refractivity contribution is -0.384. The van der Waals surface area contributed by atoms with Crippen LogP contribution in [-0.4, -0.2) is 39.7 Å². The second-order valence-corrected chi connectivity index (χ2v) is 7.63. The first kappa shape index (κ1) is 23.6. The number of hydrogen-bond donors (Lipinski definition) is 1. The number of nitrogens with one attached hydrogen (secondary N) is 1. The van der Waals surface area contributed by atoms with Crippen molar-refractivity contribution in [3.05, 3.63) is 68.6 Å². The third-order valence-corrected chi connectivity index (χ3v) is 5.22. The SMILES string of the molecule is CN=C(/C=C(\C)Nc1ccc(=O)n(C)n1)C1CCC(OC(=O)Oc2ccc([N+](=O)[O-])cc2)C1. The largest absolute Gasteiger partial charge is 0.514 e. The molecule has 1 saturated carbocycles. The lowest BCUT2D eigenvalue weighted by atomic mass is 10.0. The van der Waals surface area contributed by atoms with Gasteiger partial charge in [-0.25, -0.2) is 9.48 Å². The molecule has 11 nitrogen and oxygen atoms in total. The van der Waals surface area contributed by atoms with Gasteiger partial charge in [0.1, 0.15) is 11.9 Å². The molecule has 3 rings (SSSR count). The molecule has 0 saturated heterocycles. The Balaban J connectivity index is 1.54. The average molecular weight is 455 g/mol. The van der Waals surface area contributed by atoms with E-state index in [1.54, 1.807) is 20.2 Å². The minimum atomic E-state index is -0.848. The number of carbonyl (C=O) groups is 1. The summed E-state index contributed by atoms with van der Waals surface area (Å²) in [6.07, 6.45) is 2.81. The Hall–Kier alpha value is -4.02. The molecule has 0 spiro atoms. The number of aromatic nitrogens is 2. The first-order valence-electron chi connectivity index (χ1n) is 10.3. The van der Waals surface area contributed by atoms with Gasteiger partial charge in [-0.1, -0.05) is 0 Å². The van der Waals surface area contributed by atoms with E-state index < -0.39 is 11.1 Å². The number of nitro groups is 1. The van der Waals surface area contributed by atoms with Crippen LogP contribution in [0.1, 0.15) is 26.2 Å². The van der Waals surface area contributed by atoms with Gasteiger partial charge in [-0.3, -0.25) is 19.9 Å². The molecule has 0 radical (unpaired) electrons. The summed E-state index contributed by atoms with van der Waals surface area (Å²) in [5.74, 6) is 0.826. The number of anilines is 1. The second kappa shape index (κ2) is 10.5. The molecule has 1 aromatic heterocycles. The van der Waals surface area contributed by atoms with Gasteiger partial charge in [0, 0.05) is 49.6 Å². The fraction of sp³-hybridized carbons (Fsp3) is 0.364. The zero-order valence-corrected chi connectivity index (χ0v) is 18.6. The summed E-state index contributed by atoms with van der Waals surface area (Å²) in [5.41, 5.74) is 1.39. The number of nitro benzene ring substituents is 1. The highest BCUT2D eigenvalue weighted by Gasteiger charge is 2.30. The third-order valence-electron chi connectivity index (χ3n) is 5.22. The van der Waals surface area contributed by atoms with Crippen LogP contribution >= 0.6 is 0 Å². The van der Waals surface area contributed by atoms with Crippen LogP contribution in [0.25, 0.3) is 0 Å². The molecule has 1 aliphatic rings. The molecular formula is C22H25N5O6. The van der Waals surface area contributed by atoms with Gasteiger partial charge in [0.05, 0.1) is 4.92 Å². The number of allylic oxidation sites excluding steroid dienone is 2. The summed E-state index contributed by atoms with van der Waals surface area (Å²) in [5, 5.41) is 18.0. The van der Waals surface area contributed by atoms with Gasteiger partial charge < -0.3 is 14.8 Å². The van der Waals surface area contributed by atoms with Gasteiger partial charge >= 0.3 is 6.16 Å². The second-order valence-electron chi connectivity index (χ2n) is 7.63. The summed E-state index contributed by atoms with van der Waals surface area (Å²) in [4.78, 5) is 38.1. The number of aliphatic imine (C=N–C) groups is 1. The van der Waals surface area contributed by atoms with Gasteiger partial charge in [-0.15, -0.1) is 0 Å². The van der Waals surface area contributed by atoms with Crippen LogP contribution in [0.5, 0.6) is 5.75 Å². The Labute approximate surface area is 189 Å². The average Bonchev–Trinajstić information content (AvgIpc) is 3.23. The molecule has 174 valence electrons. The van der Waals surface area contributed by atoms with Crippen LogP contribution < -0.4 is 15.6 Å². The zero-order chi connectivity index (χ0) is 24.0. The predicted molar refractivity (Wildman–Crippen MR) is 122 cm³/mol. The van der Waals surface area contributed by atoms with Crippen LogP contribution in [-0.2, 0) is 11.8 Å². The van der Waals surface area contributed by atoms with Crippen molar-refractivity contribution in [2.24, 2.45) is 18.0 Å². The van der Waals surface area contributed by atoms with Crippen molar-refractivity contribution in [1.82, 2.24) is 9.78 Å². The molecule has 1 aromatic carbocycles. The number of non-ortho nitro benzene ring substituents is 1. The molecule has 2 unspecified atom stereocenters. The van der Waals surface area contributed by atoms with E-state index in [1.807, 2.05) is 13.0 Å². The summed E-state index contributed by atoms with van der Waals surface area (Å²) in [6.45, 7) is 1.88. The van der Waals surface area contributed by atoms with Gasteiger partial charge in [-0.2, -0.15) is 5.10 Å². The van der Waals surface area contributed by atoms with Crippen molar-refractivity contribution < 1.29 is 19.2 Å². The maximum atomic E-state index is 12.1. The maximum absolute atomic E-state index is 12.1. The summed E-state index contributed by atoms with van der Waals surface area (Å²) in [7, 11) is 3.29. The predicted octanol–water partition coefficient (Wildman–Crippen LogP) is 3.46. The summed E-state index contributed by atoms with van der Waals surface area (Å²) >= 11 is 0. The highest BCUT2D eigenvalue weighted by molar-refractivity contribution is 5.97. The molecule has 1 N–H and O–H groups in total. The molecule has 1 aliphatic carbocycles. The highest BCUT2D eigenvalue weighted by Crippen LogP contribution is 2.30. The van der Waals surface area contributed by atoms with Gasteiger partial charge in [-0.05, 0) is 50.5 Å². The minimum absolute atomic E-state index is 0.0920. The topological polar surface area (TPSA) is 138 Å². The number of aryl methyl sites for hydroxylation is 1. The fourth-order valence-electron chi connectivity index (χ4n) is 3.60. The van der Waals surface area contributed by atoms with Gasteiger partial charge in [0.25, 0.3) is 11.2 Å². The minimum Gasteiger partial charge on any atom is -0.431 e. The molecule has 11 heteroatoms. The van der Waals surface area contributed by atoms with Crippen molar-refractivity contribution >= 4 is 23.4 Å². The van der Waals surface area contributed by atoms with E-state index >= 15 is 0 Å². The van der Waals surface area contributed by atoms with Gasteiger partial charge in [0.15, 0.2) is 5.82 Å². The van der Waals surface area contributed by atoms with Crippen LogP contribution in [0, 0.1) is 16.0 Å². The first-order valence-corrected chi connectivity index (χ1v) is 10.3. The van der Waals surface area contributed by atoms with E-state index in [2.05, 4.69) is 15.4 Å². The number of hydrogen-bond acceptors (Lipinski definition) is 9. The van der Waals surface area contributed by atoms with Crippen molar-refractivity contribution in [1.29, 1.82) is 0 Å². The fourth-order valence-corrected chi connectivity index (χ4v) is 3.60. The standard InChI is InChI=1S/C22H25N5O6/c1-14(24-20-10-11-21(28)26(3)25-20)12-19(23-2)15-4-7-18(13-15)33-22(29)32-17-8-5-16(6-9-17)27(30)31/h5-6,8-12,15,18H,4,7,13H2,1-3H3,(H,24,25)/b14-12+,23-19?. The maximum Gasteiger partial charge on any atom is 0.514 e. The quantitative estimate of drug-likeness (QED) is 0.220. The highest BCUT2D eigenvalue weighted by atomic mass is 16.7. The summed E-state index contributed by atoms with van der Waals surface area (Å²) in [6, 6.07) is 8.25. The Morgan fingerprint density at radius 2 is 2.00 bits per heavy atom. The Morgan fingerprint density at radius 3 is 2.64 bits per heavy atom. The smallest absolute Gasteiger partial charge is 0.431 e. The molecule has 0 amide bonds. The molecule has 0 aliphatic heterocycles.